The van der Waals surface area contributed by atoms with Crippen LogP contribution >= 0.6 is 11.8 Å². The van der Waals surface area contributed by atoms with E-state index < -0.39 is 5.95 Å². The summed E-state index contributed by atoms with van der Waals surface area (Å²) >= 11 is 1.40. The second kappa shape index (κ2) is 8.51. The largest absolute Gasteiger partial charge is 0.493 e. The average Bonchev–Trinajstić information content (AvgIpc) is 2.67. The number of amidine groups is 1. The first-order chi connectivity index (χ1) is 12.6. The van der Waals surface area contributed by atoms with Gasteiger partial charge < -0.3 is 15.2 Å². The molecule has 1 aromatic heterocycles. The Morgan fingerprint density at radius 2 is 2.31 bits per heavy atom. The lowest BCUT2D eigenvalue weighted by Gasteiger charge is -2.31. The van der Waals surface area contributed by atoms with Gasteiger partial charge in [0, 0.05) is 29.8 Å². The summed E-state index contributed by atoms with van der Waals surface area (Å²) in [4.78, 5) is 8.41. The van der Waals surface area contributed by atoms with Crippen molar-refractivity contribution in [1.82, 2.24) is 4.98 Å². The number of ether oxygens (including phenoxy) is 2. The van der Waals surface area contributed by atoms with Gasteiger partial charge in [0.25, 0.3) is 0 Å². The van der Waals surface area contributed by atoms with Crippen LogP contribution in [0.2, 0.25) is 0 Å². The van der Waals surface area contributed by atoms with Crippen LogP contribution in [0.25, 0.3) is 11.1 Å². The maximum Gasteiger partial charge on any atom is 0.220 e. The molecule has 0 amide bonds. The van der Waals surface area contributed by atoms with E-state index in [1.807, 2.05) is 31.4 Å². The van der Waals surface area contributed by atoms with Crippen molar-refractivity contribution in [2.24, 2.45) is 16.6 Å². The predicted molar refractivity (Wildman–Crippen MR) is 103 cm³/mol. The number of halogens is 1. The fourth-order valence-corrected chi connectivity index (χ4v) is 3.21. The lowest BCUT2D eigenvalue weighted by molar-refractivity contribution is 0.0659. The molecule has 3 rings (SSSR count). The predicted octanol–water partition coefficient (Wildman–Crippen LogP) is 3.65. The number of nitrogens with two attached hydrogens (primary N) is 1. The highest BCUT2D eigenvalue weighted by Gasteiger charge is 2.31. The summed E-state index contributed by atoms with van der Waals surface area (Å²) in [5.74, 6) is 0.286. The highest BCUT2D eigenvalue weighted by atomic mass is 32.2. The molecule has 0 aliphatic carbocycles. The molecule has 0 saturated heterocycles. The van der Waals surface area contributed by atoms with E-state index in [9.17, 15) is 4.39 Å². The van der Waals surface area contributed by atoms with Gasteiger partial charge in [0.15, 0.2) is 5.17 Å². The maximum absolute atomic E-state index is 14.1. The van der Waals surface area contributed by atoms with Gasteiger partial charge in [-0.1, -0.05) is 17.8 Å². The molecule has 7 heteroatoms. The van der Waals surface area contributed by atoms with Crippen molar-refractivity contribution in [3.05, 3.63) is 48.0 Å². The van der Waals surface area contributed by atoms with Gasteiger partial charge in [0.2, 0.25) is 5.95 Å². The van der Waals surface area contributed by atoms with Gasteiger partial charge in [-0.2, -0.15) is 4.39 Å². The molecule has 26 heavy (non-hydrogen) atoms. The average molecular weight is 375 g/mol. The fraction of sp³-hybridized carbons (Fsp3) is 0.368. The highest BCUT2D eigenvalue weighted by Crippen LogP contribution is 2.41. The third-order valence-corrected chi connectivity index (χ3v) is 4.83. The normalized spacial score (nSPS) is 19.7. The molecule has 0 fully saturated rings. The number of pyridine rings is 1. The summed E-state index contributed by atoms with van der Waals surface area (Å²) in [6.07, 6.45) is 3.32. The number of thioether (sulfide) groups is 1. The summed E-state index contributed by atoms with van der Waals surface area (Å²) in [6.45, 7) is 3.61. The minimum absolute atomic E-state index is 0.0437. The second-order valence-electron chi connectivity index (χ2n) is 5.94. The van der Waals surface area contributed by atoms with E-state index in [0.717, 1.165) is 16.9 Å². The van der Waals surface area contributed by atoms with Crippen molar-refractivity contribution < 1.29 is 13.9 Å². The van der Waals surface area contributed by atoms with E-state index in [4.69, 9.17) is 15.2 Å². The van der Waals surface area contributed by atoms with Gasteiger partial charge in [-0.05, 0) is 43.0 Å². The van der Waals surface area contributed by atoms with E-state index in [0.29, 0.717) is 30.6 Å². The maximum atomic E-state index is 14.1. The number of fused-ring (bicyclic) bond motifs is 1. The van der Waals surface area contributed by atoms with Crippen LogP contribution in [0.5, 0.6) is 5.75 Å². The van der Waals surface area contributed by atoms with Crippen molar-refractivity contribution in [3.63, 3.8) is 0 Å². The van der Waals surface area contributed by atoms with Crippen LogP contribution < -0.4 is 10.5 Å². The molecule has 1 aliphatic rings. The van der Waals surface area contributed by atoms with Crippen LogP contribution in [0.3, 0.4) is 0 Å². The van der Waals surface area contributed by atoms with Crippen molar-refractivity contribution in [2.45, 2.75) is 13.0 Å². The first kappa shape index (κ1) is 18.7. The molecule has 1 unspecified atom stereocenters. The molecule has 5 nitrogen and oxygen atoms in total. The second-order valence-corrected chi connectivity index (χ2v) is 6.77. The van der Waals surface area contributed by atoms with Gasteiger partial charge in [0.1, 0.15) is 5.75 Å². The van der Waals surface area contributed by atoms with Crippen LogP contribution in [-0.2, 0) is 4.74 Å². The van der Waals surface area contributed by atoms with Crippen molar-refractivity contribution >= 4 is 16.9 Å². The van der Waals surface area contributed by atoms with Crippen LogP contribution in [-0.4, -0.2) is 36.2 Å². The first-order valence-corrected chi connectivity index (χ1v) is 9.69. The third-order valence-electron chi connectivity index (χ3n) is 4.31. The lowest BCUT2D eigenvalue weighted by Crippen LogP contribution is -2.30. The highest BCUT2D eigenvalue weighted by molar-refractivity contribution is 8.13. The Labute approximate surface area is 156 Å². The zero-order chi connectivity index (χ0) is 18.5. The van der Waals surface area contributed by atoms with Crippen LogP contribution in [0.15, 0.2) is 41.5 Å². The van der Waals surface area contributed by atoms with E-state index in [1.165, 1.54) is 18.0 Å². The van der Waals surface area contributed by atoms with Crippen molar-refractivity contribution in [1.29, 1.82) is 0 Å². The molecular formula is C19H22FN3O2S. The Bertz CT molecular complexity index is 800. The summed E-state index contributed by atoms with van der Waals surface area (Å²) < 4.78 is 25.6. The molecule has 1 aromatic carbocycles. The summed E-state index contributed by atoms with van der Waals surface area (Å²) in [5.41, 5.74) is 8.06. The van der Waals surface area contributed by atoms with Gasteiger partial charge in [-0.3, -0.25) is 4.99 Å². The van der Waals surface area contributed by atoms with Gasteiger partial charge in [-0.15, -0.1) is 0 Å². The van der Waals surface area contributed by atoms with E-state index >= 15 is 0 Å². The van der Waals surface area contributed by atoms with E-state index in [2.05, 4.69) is 9.98 Å². The quantitative estimate of drug-likeness (QED) is 0.491. The van der Waals surface area contributed by atoms with Crippen LogP contribution in [0.1, 0.15) is 18.5 Å². The molecule has 2 aromatic rings. The monoisotopic (exact) mass is 375 g/mol. The molecule has 2 atom stereocenters. The van der Waals surface area contributed by atoms with Gasteiger partial charge in [0.05, 0.1) is 19.3 Å². The Morgan fingerprint density at radius 3 is 3.04 bits per heavy atom. The minimum atomic E-state index is -0.501. The number of hydrogen-bond donors (Lipinski definition) is 1. The van der Waals surface area contributed by atoms with E-state index in [1.54, 1.807) is 12.1 Å². The number of benzene rings is 1. The number of rotatable bonds is 5. The minimum Gasteiger partial charge on any atom is -0.493 e. The standard InChI is InChI=1S/C19H22FN3O2S/c1-3-24-10-13-11-25-16-7-6-12(14-5-4-8-22-18(14)20)9-15(16)17(13)23-19(21)26-2/h4-9,13,17H,3,10-11H2,1-2H3,(H2,21,23)/t13-,17?/m1/s1. The Hall–Kier alpha value is -2.12. The zero-order valence-electron chi connectivity index (χ0n) is 14.8. The fourth-order valence-electron chi connectivity index (χ4n) is 3.00. The molecule has 0 radical (unpaired) electrons. The van der Waals surface area contributed by atoms with Gasteiger partial charge >= 0.3 is 0 Å². The smallest absolute Gasteiger partial charge is 0.220 e. The molecule has 0 spiro atoms. The van der Waals surface area contributed by atoms with Crippen LogP contribution in [0.4, 0.5) is 4.39 Å². The zero-order valence-corrected chi connectivity index (χ0v) is 15.6. The topological polar surface area (TPSA) is 69.7 Å². The first-order valence-electron chi connectivity index (χ1n) is 8.46. The molecule has 2 heterocycles. The van der Waals surface area contributed by atoms with Gasteiger partial charge in [-0.25, -0.2) is 4.98 Å². The third kappa shape index (κ3) is 3.99. The SMILES string of the molecule is CCOC[C@@H]1COc2ccc(-c3cccnc3F)cc2C1N=C(N)SC. The number of aliphatic imine (C=N–C) groups is 1. The summed E-state index contributed by atoms with van der Waals surface area (Å²) in [5, 5.41) is 0.502. The van der Waals surface area contributed by atoms with Crippen molar-refractivity contribution in [3.8, 4) is 16.9 Å². The number of hydrogen-bond acceptors (Lipinski definition) is 5. The lowest BCUT2D eigenvalue weighted by atomic mass is 9.89. The number of aromatic nitrogens is 1. The Balaban J connectivity index is 2.03. The molecule has 2 N–H and O–H groups in total. The van der Waals surface area contributed by atoms with Crippen molar-refractivity contribution in [2.75, 3.05) is 26.1 Å². The Morgan fingerprint density at radius 1 is 1.46 bits per heavy atom. The molecule has 138 valence electrons. The summed E-state index contributed by atoms with van der Waals surface area (Å²) in [6, 6.07) is 8.83. The molecule has 0 bridgehead atoms. The summed E-state index contributed by atoms with van der Waals surface area (Å²) in [7, 11) is 0. The van der Waals surface area contributed by atoms with E-state index in [-0.39, 0.29) is 12.0 Å². The molecule has 0 saturated carbocycles. The molecular weight excluding hydrogens is 353 g/mol. The Kier molecular flexibility index (Phi) is 6.11. The van der Waals surface area contributed by atoms with Crippen LogP contribution in [0, 0.1) is 11.9 Å². The molecule has 1 aliphatic heterocycles. The number of nitrogens with zero attached hydrogens (tertiary/aromatic N) is 2.